The third-order valence-corrected chi connectivity index (χ3v) is 19.3. The van der Waals surface area contributed by atoms with Gasteiger partial charge in [0.15, 0.2) is 11.2 Å². The van der Waals surface area contributed by atoms with E-state index < -0.39 is 5.41 Å². The zero-order valence-electron chi connectivity index (χ0n) is 52.7. The molecule has 1 aliphatic rings. The second-order valence-electron chi connectivity index (χ2n) is 28.2. The molecule has 1 aliphatic carbocycles. The van der Waals surface area contributed by atoms with Crippen LogP contribution in [0, 0.1) is 0 Å². The van der Waals surface area contributed by atoms with Gasteiger partial charge in [0.2, 0.25) is 0 Å². The Bertz CT molecular complexity index is 4510. The van der Waals surface area contributed by atoms with Crippen molar-refractivity contribution in [1.29, 1.82) is 0 Å². The summed E-state index contributed by atoms with van der Waals surface area (Å²) >= 11 is 1.81. The minimum Gasteiger partial charge on any atom is -0.454 e. The fraction of sp³-hybridized carbons (Fsp3) is 0.205. The summed E-state index contributed by atoms with van der Waals surface area (Å²) in [5.41, 5.74) is 20.3. The number of nitrogens with zero attached hydrogens (tertiary/aromatic N) is 2. The van der Waals surface area contributed by atoms with Crippen LogP contribution < -0.4 is 9.80 Å². The summed E-state index contributed by atoms with van der Waals surface area (Å²) in [6.45, 7) is 27.4. The lowest BCUT2D eigenvalue weighted by molar-refractivity contribution is 0.589. The normalized spacial score (nSPS) is 13.4. The summed E-state index contributed by atoms with van der Waals surface area (Å²) < 4.78 is 14.9. The van der Waals surface area contributed by atoms with Gasteiger partial charge in [0, 0.05) is 54.1 Å². The summed E-state index contributed by atoms with van der Waals surface area (Å²) in [5.74, 6) is 0. The molecule has 2 heterocycles. The van der Waals surface area contributed by atoms with Crippen molar-refractivity contribution >= 4 is 89.8 Å². The molecule has 0 atom stereocenters. The van der Waals surface area contributed by atoms with Crippen LogP contribution in [0.2, 0.25) is 0 Å². The molecule has 5 heteroatoms. The van der Waals surface area contributed by atoms with Crippen LogP contribution in [-0.2, 0) is 27.1 Å². The van der Waals surface area contributed by atoms with Gasteiger partial charge in [-0.25, -0.2) is 0 Å². The van der Waals surface area contributed by atoms with Gasteiger partial charge in [-0.3, -0.25) is 0 Å². The maximum absolute atomic E-state index is 7.47. The molecule has 0 bridgehead atoms. The minimum absolute atomic E-state index is 0.0397. The molecule has 0 unspecified atom stereocenters. The number of anilines is 6. The van der Waals surface area contributed by atoms with E-state index in [2.05, 4.69) is 336 Å². The molecule has 0 saturated carbocycles. The van der Waals surface area contributed by atoms with Gasteiger partial charge in [0.1, 0.15) is 11.2 Å². The van der Waals surface area contributed by atoms with Gasteiger partial charge in [-0.15, -0.1) is 0 Å². The Morgan fingerprint density at radius 3 is 0.977 bits per heavy atom. The standard InChI is InChI=1S/C83H76N2O2S/c1-79(2,3)53-31-33-57(34-32-53)83(58-41-49-64(50-42-58)88-63-47-39-56(40-48-63)82(10,11)12)67-51-69(84(59-23-15-13-16-24-59)61-43-35-54(36-44-61)80(4,5)6)77-73(65-27-19-21-29-71(65)86-77)75(67)76-68(83)52-70(78-74(76)66-28-20-22-30-72(66)87-78)85(60-25-17-14-18-26-60)62-45-37-55(38-46-62)81(7,8)9/h13-52H,1-12H3. The number of hydrogen-bond acceptors (Lipinski definition) is 5. The summed E-state index contributed by atoms with van der Waals surface area (Å²) in [6, 6.07) is 90.5. The van der Waals surface area contributed by atoms with Crippen molar-refractivity contribution in [3.05, 3.63) is 287 Å². The first kappa shape index (κ1) is 56.8. The van der Waals surface area contributed by atoms with Crippen molar-refractivity contribution in [2.24, 2.45) is 0 Å². The smallest absolute Gasteiger partial charge is 0.160 e. The van der Waals surface area contributed by atoms with Crippen LogP contribution in [-0.4, -0.2) is 0 Å². The Morgan fingerprint density at radius 2 is 0.614 bits per heavy atom. The molecule has 11 aromatic carbocycles. The van der Waals surface area contributed by atoms with Crippen molar-refractivity contribution in [1.82, 2.24) is 0 Å². The highest BCUT2D eigenvalue weighted by Gasteiger charge is 2.50. The monoisotopic (exact) mass is 1160 g/mol. The van der Waals surface area contributed by atoms with Gasteiger partial charge in [0.25, 0.3) is 0 Å². The predicted molar refractivity (Wildman–Crippen MR) is 373 cm³/mol. The van der Waals surface area contributed by atoms with Crippen molar-refractivity contribution in [2.75, 3.05) is 9.80 Å². The average Bonchev–Trinajstić information content (AvgIpc) is 1.50. The lowest BCUT2D eigenvalue weighted by atomic mass is 9.67. The molecule has 0 fully saturated rings. The quantitative estimate of drug-likeness (QED) is 0.136. The van der Waals surface area contributed by atoms with E-state index in [-0.39, 0.29) is 21.7 Å². The number of hydrogen-bond donors (Lipinski definition) is 0. The molecule has 4 nitrogen and oxygen atoms in total. The molecule has 0 radical (unpaired) electrons. The Balaban J connectivity index is 1.16. The topological polar surface area (TPSA) is 32.8 Å². The van der Waals surface area contributed by atoms with Crippen LogP contribution in [0.1, 0.15) is 128 Å². The predicted octanol–water partition coefficient (Wildman–Crippen LogP) is 24.1. The van der Waals surface area contributed by atoms with E-state index in [9.17, 15) is 0 Å². The fourth-order valence-electron chi connectivity index (χ4n) is 13.5. The zero-order chi connectivity index (χ0) is 61.1. The SMILES string of the molecule is CC(C)(C)c1ccc(Sc2ccc(C3(c4ccc(C(C)(C)C)cc4)c4cc(N(c5ccccc5)c5ccc(C(C)(C)C)cc5)c5oc6ccccc6c5c4-c4c3cc(N(c3ccccc3)c3ccc(C(C)(C)C)cc3)c3oc5ccccc5c43)cc2)cc1. The molecule has 14 rings (SSSR count). The van der Waals surface area contributed by atoms with Crippen LogP contribution in [0.4, 0.5) is 34.1 Å². The zero-order valence-corrected chi connectivity index (χ0v) is 53.5. The van der Waals surface area contributed by atoms with Gasteiger partial charge >= 0.3 is 0 Å². The van der Waals surface area contributed by atoms with E-state index in [0.29, 0.717) is 0 Å². The molecule has 0 saturated heterocycles. The highest BCUT2D eigenvalue weighted by atomic mass is 32.2. The minimum atomic E-state index is -0.946. The molecular weight excluding hydrogens is 1090 g/mol. The van der Waals surface area contributed by atoms with E-state index in [1.807, 2.05) is 11.8 Å². The van der Waals surface area contributed by atoms with Gasteiger partial charge in [-0.1, -0.05) is 240 Å². The number of fused-ring (bicyclic) bond motifs is 11. The molecule has 436 valence electrons. The number of rotatable bonds is 10. The number of benzene rings is 11. The van der Waals surface area contributed by atoms with Crippen LogP contribution in [0.25, 0.3) is 55.0 Å². The fourth-order valence-corrected chi connectivity index (χ4v) is 14.3. The van der Waals surface area contributed by atoms with Gasteiger partial charge in [0.05, 0.1) is 16.8 Å². The second kappa shape index (κ2) is 21.1. The van der Waals surface area contributed by atoms with Crippen molar-refractivity contribution < 1.29 is 8.83 Å². The third-order valence-electron chi connectivity index (χ3n) is 18.2. The highest BCUT2D eigenvalue weighted by molar-refractivity contribution is 7.99. The molecule has 88 heavy (non-hydrogen) atoms. The van der Waals surface area contributed by atoms with Gasteiger partial charge in [-0.2, -0.15) is 0 Å². The van der Waals surface area contributed by atoms with Gasteiger partial charge < -0.3 is 18.6 Å². The molecule has 2 aromatic heterocycles. The van der Waals surface area contributed by atoms with Crippen LogP contribution in [0.5, 0.6) is 0 Å². The lowest BCUT2D eigenvalue weighted by Gasteiger charge is -2.36. The summed E-state index contributed by atoms with van der Waals surface area (Å²) in [4.78, 5) is 7.22. The first-order valence-corrected chi connectivity index (χ1v) is 31.9. The van der Waals surface area contributed by atoms with Crippen LogP contribution in [0.3, 0.4) is 0 Å². The van der Waals surface area contributed by atoms with E-state index in [1.165, 1.54) is 32.0 Å². The Kier molecular flexibility index (Phi) is 13.6. The number of para-hydroxylation sites is 4. The van der Waals surface area contributed by atoms with E-state index in [1.54, 1.807) is 0 Å². The molecule has 0 aliphatic heterocycles. The first-order chi connectivity index (χ1) is 42.2. The summed E-state index contributed by atoms with van der Waals surface area (Å²) in [5, 5.41) is 4.23. The third kappa shape index (κ3) is 9.61. The van der Waals surface area contributed by atoms with E-state index in [4.69, 9.17) is 8.83 Å². The first-order valence-electron chi connectivity index (χ1n) is 31.1. The van der Waals surface area contributed by atoms with E-state index >= 15 is 0 Å². The van der Waals surface area contributed by atoms with E-state index in [0.717, 1.165) is 111 Å². The summed E-state index contributed by atoms with van der Waals surface area (Å²) in [7, 11) is 0. The second-order valence-corrected chi connectivity index (χ2v) is 29.3. The molecule has 0 amide bonds. The lowest BCUT2D eigenvalue weighted by Crippen LogP contribution is -2.29. The van der Waals surface area contributed by atoms with Crippen LogP contribution >= 0.6 is 11.8 Å². The maximum Gasteiger partial charge on any atom is 0.160 e. The van der Waals surface area contributed by atoms with Gasteiger partial charge in [-0.05, 0) is 174 Å². The Hall–Kier alpha value is -9.03. The molecular formula is C83H76N2O2S. The number of furan rings is 2. The van der Waals surface area contributed by atoms with Crippen LogP contribution in [0.15, 0.2) is 261 Å². The average molecular weight is 1170 g/mol. The molecule has 13 aromatic rings. The summed E-state index contributed by atoms with van der Waals surface area (Å²) in [6.07, 6.45) is 0. The Labute approximate surface area is 523 Å². The largest absolute Gasteiger partial charge is 0.454 e. The maximum atomic E-state index is 7.47. The van der Waals surface area contributed by atoms with Crippen molar-refractivity contribution in [3.63, 3.8) is 0 Å². The molecule has 0 spiro atoms. The Morgan fingerprint density at radius 1 is 0.318 bits per heavy atom. The molecule has 0 N–H and O–H groups in total. The van der Waals surface area contributed by atoms with Crippen molar-refractivity contribution in [3.8, 4) is 11.1 Å². The van der Waals surface area contributed by atoms with Crippen molar-refractivity contribution in [2.45, 2.75) is 120 Å². The highest BCUT2D eigenvalue weighted by Crippen LogP contribution is 2.65.